The molecular formula is C65H40N6S. The predicted molar refractivity (Wildman–Crippen MR) is 297 cm³/mol. The second-order valence-electron chi connectivity index (χ2n) is 18.2. The summed E-state index contributed by atoms with van der Waals surface area (Å²) in [6, 6.07) is 83.5. The van der Waals surface area contributed by atoms with E-state index in [1.165, 1.54) is 25.6 Å². The standard InChI is InChI=1S/C65H40N6S/c66-40-41-26-36-54(48(38-41)39-60-67-64(46-31-27-44(28-32-46)42-14-3-1-4-15-42)69-65(68-60)47-33-29-45(30-34-47)43-16-5-2-6-17-43)71-55-22-10-7-18-49(55)51-35-37-57-61(62(51)71)53-20-8-11-23-56(53)70(57)58-24-13-21-52-50-19-9-12-25-59(50)72-63(52)58/h1-38H,39H2. The Balaban J connectivity index is 0.974. The maximum Gasteiger partial charge on any atom is 0.163 e. The van der Waals surface area contributed by atoms with E-state index < -0.39 is 0 Å². The summed E-state index contributed by atoms with van der Waals surface area (Å²) in [4.78, 5) is 15.6. The van der Waals surface area contributed by atoms with E-state index in [2.05, 4.69) is 221 Å². The molecule has 336 valence electrons. The van der Waals surface area contributed by atoms with Gasteiger partial charge in [0.25, 0.3) is 0 Å². The van der Waals surface area contributed by atoms with Gasteiger partial charge in [0, 0.05) is 60.3 Å². The lowest BCUT2D eigenvalue weighted by atomic mass is 10.0. The first-order valence-corrected chi connectivity index (χ1v) is 24.9. The van der Waals surface area contributed by atoms with Crippen LogP contribution in [-0.4, -0.2) is 24.1 Å². The number of benzene rings is 10. The maximum absolute atomic E-state index is 10.5. The summed E-state index contributed by atoms with van der Waals surface area (Å²) in [6.45, 7) is 0. The molecule has 10 aromatic carbocycles. The molecular weight excluding hydrogens is 897 g/mol. The van der Waals surface area contributed by atoms with E-state index in [0.717, 1.165) is 88.5 Å². The first-order chi connectivity index (χ1) is 35.6. The van der Waals surface area contributed by atoms with Gasteiger partial charge in [-0.1, -0.05) is 182 Å². The molecule has 14 rings (SSSR count). The van der Waals surface area contributed by atoms with E-state index in [-0.39, 0.29) is 0 Å². The van der Waals surface area contributed by atoms with E-state index >= 15 is 0 Å². The van der Waals surface area contributed by atoms with Gasteiger partial charge in [-0.15, -0.1) is 11.3 Å². The van der Waals surface area contributed by atoms with Crippen LogP contribution in [0.15, 0.2) is 231 Å². The van der Waals surface area contributed by atoms with E-state index in [0.29, 0.717) is 29.5 Å². The number of aromatic nitrogens is 5. The lowest BCUT2D eigenvalue weighted by Gasteiger charge is -2.16. The molecule has 0 bridgehead atoms. The minimum absolute atomic E-state index is 0.344. The zero-order valence-electron chi connectivity index (χ0n) is 38.7. The Labute approximate surface area is 418 Å². The summed E-state index contributed by atoms with van der Waals surface area (Å²) < 4.78 is 7.40. The van der Waals surface area contributed by atoms with Crippen LogP contribution in [0.3, 0.4) is 0 Å². The van der Waals surface area contributed by atoms with Gasteiger partial charge in [0.05, 0.1) is 44.1 Å². The zero-order valence-corrected chi connectivity index (χ0v) is 39.6. The van der Waals surface area contributed by atoms with Crippen LogP contribution in [0.5, 0.6) is 0 Å². The van der Waals surface area contributed by atoms with Gasteiger partial charge in [0.1, 0.15) is 5.82 Å². The average molecular weight is 937 g/mol. The number of fused-ring (bicyclic) bond motifs is 10. The molecule has 0 radical (unpaired) electrons. The van der Waals surface area contributed by atoms with Crippen molar-refractivity contribution in [2.24, 2.45) is 0 Å². The lowest BCUT2D eigenvalue weighted by molar-refractivity contribution is 0.925. The maximum atomic E-state index is 10.5. The molecule has 0 amide bonds. The summed E-state index contributed by atoms with van der Waals surface area (Å²) in [6.07, 6.45) is 0.344. The molecule has 0 saturated carbocycles. The fourth-order valence-corrected chi connectivity index (χ4v) is 12.0. The highest BCUT2D eigenvalue weighted by Gasteiger charge is 2.24. The normalized spacial score (nSPS) is 11.7. The third-order valence-corrected chi connectivity index (χ3v) is 15.3. The Kier molecular flexibility index (Phi) is 9.73. The highest BCUT2D eigenvalue weighted by molar-refractivity contribution is 7.26. The van der Waals surface area contributed by atoms with Crippen molar-refractivity contribution in [3.8, 4) is 62.5 Å². The van der Waals surface area contributed by atoms with E-state index in [4.69, 9.17) is 15.0 Å². The van der Waals surface area contributed by atoms with E-state index in [9.17, 15) is 5.26 Å². The Morgan fingerprint density at radius 2 is 0.958 bits per heavy atom. The van der Waals surface area contributed by atoms with Crippen LogP contribution in [0.1, 0.15) is 17.0 Å². The van der Waals surface area contributed by atoms with Crippen LogP contribution >= 0.6 is 11.3 Å². The minimum Gasteiger partial charge on any atom is -0.308 e. The van der Waals surface area contributed by atoms with Crippen molar-refractivity contribution in [2.75, 3.05) is 0 Å². The SMILES string of the molecule is N#Cc1ccc(-n2c3ccccc3c3ccc4c(c5ccccc5n4-c4cccc5c4sc4ccccc45)c32)c(Cc2nc(-c3ccc(-c4ccccc4)cc3)nc(-c3ccc(-c4ccccc4)cc3)n2)c1. The van der Waals surface area contributed by atoms with Gasteiger partial charge in [-0.3, -0.25) is 0 Å². The van der Waals surface area contributed by atoms with Gasteiger partial charge in [-0.05, 0) is 76.3 Å². The van der Waals surface area contributed by atoms with Crippen molar-refractivity contribution in [1.29, 1.82) is 5.26 Å². The topological polar surface area (TPSA) is 72.3 Å². The van der Waals surface area contributed by atoms with Crippen LogP contribution in [0.25, 0.3) is 120 Å². The number of para-hydroxylation sites is 2. The third-order valence-electron chi connectivity index (χ3n) is 14.1. The van der Waals surface area contributed by atoms with Crippen molar-refractivity contribution in [1.82, 2.24) is 24.1 Å². The van der Waals surface area contributed by atoms with Crippen LogP contribution in [0.4, 0.5) is 0 Å². The molecule has 0 aliphatic heterocycles. The Bertz CT molecular complexity index is 4360. The number of thiophene rings is 1. The molecule has 0 aliphatic rings. The fraction of sp³-hybridized carbons (Fsp3) is 0.0154. The highest BCUT2D eigenvalue weighted by Crippen LogP contribution is 2.45. The van der Waals surface area contributed by atoms with Gasteiger partial charge in [-0.25, -0.2) is 15.0 Å². The molecule has 0 spiro atoms. The summed E-state index contributed by atoms with van der Waals surface area (Å²) in [5.41, 5.74) is 14.3. The van der Waals surface area contributed by atoms with Gasteiger partial charge < -0.3 is 9.13 Å². The number of hydrogen-bond acceptors (Lipinski definition) is 5. The lowest BCUT2D eigenvalue weighted by Crippen LogP contribution is -2.07. The van der Waals surface area contributed by atoms with Crippen molar-refractivity contribution in [3.05, 3.63) is 247 Å². The molecule has 0 unspecified atom stereocenters. The van der Waals surface area contributed by atoms with Gasteiger partial charge in [0.2, 0.25) is 0 Å². The van der Waals surface area contributed by atoms with Crippen molar-refractivity contribution in [3.63, 3.8) is 0 Å². The van der Waals surface area contributed by atoms with Gasteiger partial charge in [0.15, 0.2) is 11.6 Å². The third kappa shape index (κ3) is 6.80. The first-order valence-electron chi connectivity index (χ1n) is 24.1. The number of nitrogens with zero attached hydrogens (tertiary/aromatic N) is 6. The highest BCUT2D eigenvalue weighted by atomic mass is 32.1. The molecule has 7 heteroatoms. The molecule has 14 aromatic rings. The largest absolute Gasteiger partial charge is 0.308 e. The second-order valence-corrected chi connectivity index (χ2v) is 19.3. The Hall–Kier alpha value is -9.48. The first kappa shape index (κ1) is 41.5. The summed E-state index contributed by atoms with van der Waals surface area (Å²) in [7, 11) is 0. The van der Waals surface area contributed by atoms with Crippen molar-refractivity contribution < 1.29 is 0 Å². The van der Waals surface area contributed by atoms with Crippen LogP contribution in [-0.2, 0) is 6.42 Å². The second kappa shape index (κ2) is 16.9. The van der Waals surface area contributed by atoms with Crippen molar-refractivity contribution >= 4 is 75.1 Å². The molecule has 72 heavy (non-hydrogen) atoms. The van der Waals surface area contributed by atoms with Crippen molar-refractivity contribution in [2.45, 2.75) is 6.42 Å². The molecule has 0 N–H and O–H groups in total. The predicted octanol–water partition coefficient (Wildman–Crippen LogP) is 16.6. The summed E-state index contributed by atoms with van der Waals surface area (Å²) >= 11 is 1.85. The minimum atomic E-state index is 0.344. The number of hydrogen-bond donors (Lipinski definition) is 0. The quantitative estimate of drug-likeness (QED) is 0.152. The van der Waals surface area contributed by atoms with Gasteiger partial charge in [-0.2, -0.15) is 5.26 Å². The van der Waals surface area contributed by atoms with E-state index in [1.807, 2.05) is 35.6 Å². The zero-order chi connectivity index (χ0) is 47.7. The molecule has 6 nitrogen and oxygen atoms in total. The monoisotopic (exact) mass is 936 g/mol. The molecule has 0 atom stereocenters. The average Bonchev–Trinajstić information content (AvgIpc) is 4.11. The van der Waals surface area contributed by atoms with Gasteiger partial charge >= 0.3 is 0 Å². The number of rotatable bonds is 8. The molecule has 0 aliphatic carbocycles. The molecule has 4 heterocycles. The Morgan fingerprint density at radius 3 is 1.62 bits per heavy atom. The van der Waals surface area contributed by atoms with E-state index in [1.54, 1.807) is 0 Å². The molecule has 4 aromatic heterocycles. The molecule has 0 saturated heterocycles. The fourth-order valence-electron chi connectivity index (χ4n) is 10.8. The van der Waals surface area contributed by atoms with Crippen LogP contribution < -0.4 is 0 Å². The number of nitriles is 1. The Morgan fingerprint density at radius 1 is 0.403 bits per heavy atom. The van der Waals surface area contributed by atoms with Crippen LogP contribution in [0.2, 0.25) is 0 Å². The smallest absolute Gasteiger partial charge is 0.163 e. The summed E-state index contributed by atoms with van der Waals surface area (Å²) in [5.74, 6) is 1.77. The summed E-state index contributed by atoms with van der Waals surface area (Å²) in [5, 5.41) is 17.6. The van der Waals surface area contributed by atoms with Crippen LogP contribution in [0, 0.1) is 11.3 Å². The molecule has 0 fully saturated rings.